The molecule has 0 atom stereocenters. The minimum atomic E-state index is 0.0213. The highest BCUT2D eigenvalue weighted by Gasteiger charge is 2.09. The van der Waals surface area contributed by atoms with Gasteiger partial charge in [0.1, 0.15) is 4.83 Å². The lowest BCUT2D eigenvalue weighted by Gasteiger charge is -2.03. The van der Waals surface area contributed by atoms with Crippen LogP contribution in [-0.2, 0) is 13.1 Å². The van der Waals surface area contributed by atoms with Gasteiger partial charge in [-0.3, -0.25) is 14.0 Å². The highest BCUT2D eigenvalue weighted by Crippen LogP contribution is 2.19. The average Bonchev–Trinajstić information content (AvgIpc) is 3.00. The van der Waals surface area contributed by atoms with E-state index in [2.05, 4.69) is 10.1 Å². The third-order valence-electron chi connectivity index (χ3n) is 3.11. The van der Waals surface area contributed by atoms with Crippen LogP contribution < -0.4 is 5.56 Å². The van der Waals surface area contributed by atoms with Gasteiger partial charge in [-0.05, 0) is 24.8 Å². The van der Waals surface area contributed by atoms with Crippen LogP contribution in [0, 0.1) is 6.92 Å². The summed E-state index contributed by atoms with van der Waals surface area (Å²) in [6.07, 6.45) is 5.36. The second kappa shape index (κ2) is 4.62. The van der Waals surface area contributed by atoms with Crippen molar-refractivity contribution in [3.05, 3.63) is 45.6 Å². The maximum Gasteiger partial charge on any atom is 0.262 e. The topological polar surface area (TPSA) is 52.7 Å². The Kier molecular flexibility index (Phi) is 2.94. The smallest absolute Gasteiger partial charge is 0.262 e. The molecular formula is C13H14N4OS. The number of rotatable bonds is 3. The number of hydrogen-bond acceptors (Lipinski definition) is 4. The molecule has 0 saturated carbocycles. The van der Waals surface area contributed by atoms with E-state index >= 15 is 0 Å². The number of aromatic nitrogens is 4. The van der Waals surface area contributed by atoms with E-state index in [1.54, 1.807) is 17.1 Å². The molecule has 0 aliphatic heterocycles. The van der Waals surface area contributed by atoms with Gasteiger partial charge in [-0.25, -0.2) is 4.98 Å². The fourth-order valence-electron chi connectivity index (χ4n) is 2.07. The lowest BCUT2D eigenvalue weighted by atomic mass is 10.2. The molecule has 19 heavy (non-hydrogen) atoms. The SMILES string of the molecule is CCn1cc(Cn2cnc3scc(C)c3c2=O)cn1. The third kappa shape index (κ3) is 2.08. The van der Waals surface area contributed by atoms with Crippen LogP contribution in [0.5, 0.6) is 0 Å². The maximum atomic E-state index is 12.4. The standard InChI is InChI=1S/C13H14N4OS/c1-3-17-6-10(4-15-17)5-16-8-14-12-11(13(16)18)9(2)7-19-12/h4,6-8H,3,5H2,1-2H3. The second-order valence-electron chi connectivity index (χ2n) is 4.48. The van der Waals surface area contributed by atoms with Gasteiger partial charge in [-0.2, -0.15) is 5.10 Å². The van der Waals surface area contributed by atoms with Gasteiger partial charge in [0, 0.05) is 18.3 Å². The van der Waals surface area contributed by atoms with Crippen LogP contribution in [0.25, 0.3) is 10.2 Å². The van der Waals surface area contributed by atoms with Gasteiger partial charge in [0.05, 0.1) is 24.5 Å². The first-order valence-corrected chi connectivity index (χ1v) is 7.01. The van der Waals surface area contributed by atoms with Crippen LogP contribution in [-0.4, -0.2) is 19.3 Å². The lowest BCUT2D eigenvalue weighted by Crippen LogP contribution is -2.20. The molecule has 0 aliphatic carbocycles. The first-order chi connectivity index (χ1) is 9.19. The zero-order valence-corrected chi connectivity index (χ0v) is 11.6. The van der Waals surface area contributed by atoms with E-state index in [1.165, 1.54) is 11.3 Å². The van der Waals surface area contributed by atoms with Gasteiger partial charge in [-0.15, -0.1) is 11.3 Å². The van der Waals surface area contributed by atoms with Crippen molar-refractivity contribution >= 4 is 21.6 Å². The molecule has 0 amide bonds. The molecule has 3 rings (SSSR count). The Labute approximate surface area is 114 Å². The first-order valence-electron chi connectivity index (χ1n) is 6.13. The fourth-order valence-corrected chi connectivity index (χ4v) is 2.95. The van der Waals surface area contributed by atoms with Crippen molar-refractivity contribution in [1.82, 2.24) is 19.3 Å². The van der Waals surface area contributed by atoms with E-state index in [0.717, 1.165) is 27.9 Å². The molecule has 3 aromatic heterocycles. The molecule has 0 bridgehead atoms. The molecule has 0 spiro atoms. The highest BCUT2D eigenvalue weighted by molar-refractivity contribution is 7.16. The summed E-state index contributed by atoms with van der Waals surface area (Å²) in [7, 11) is 0. The van der Waals surface area contributed by atoms with Gasteiger partial charge in [0.15, 0.2) is 0 Å². The van der Waals surface area contributed by atoms with Crippen molar-refractivity contribution < 1.29 is 0 Å². The van der Waals surface area contributed by atoms with Crippen molar-refractivity contribution in [2.45, 2.75) is 26.9 Å². The number of hydrogen-bond donors (Lipinski definition) is 0. The van der Waals surface area contributed by atoms with Gasteiger partial charge in [-0.1, -0.05) is 0 Å². The van der Waals surface area contributed by atoms with Crippen molar-refractivity contribution in [1.29, 1.82) is 0 Å². The highest BCUT2D eigenvalue weighted by atomic mass is 32.1. The van der Waals surface area contributed by atoms with Crippen molar-refractivity contribution in [3.63, 3.8) is 0 Å². The summed E-state index contributed by atoms with van der Waals surface area (Å²) in [5.74, 6) is 0. The van der Waals surface area contributed by atoms with Gasteiger partial charge >= 0.3 is 0 Å². The molecule has 0 fully saturated rings. The van der Waals surface area contributed by atoms with Crippen LogP contribution in [0.4, 0.5) is 0 Å². The molecule has 0 radical (unpaired) electrons. The Morgan fingerprint density at radius 2 is 2.26 bits per heavy atom. The number of fused-ring (bicyclic) bond motifs is 1. The second-order valence-corrected chi connectivity index (χ2v) is 5.34. The Bertz CT molecular complexity index is 783. The van der Waals surface area contributed by atoms with Crippen molar-refractivity contribution in [2.75, 3.05) is 0 Å². The summed E-state index contributed by atoms with van der Waals surface area (Å²) in [4.78, 5) is 17.5. The normalized spacial score (nSPS) is 11.3. The Morgan fingerprint density at radius 3 is 3.00 bits per heavy atom. The molecule has 0 N–H and O–H groups in total. The number of nitrogens with zero attached hydrogens (tertiary/aromatic N) is 4. The third-order valence-corrected chi connectivity index (χ3v) is 4.11. The van der Waals surface area contributed by atoms with Gasteiger partial charge in [0.2, 0.25) is 0 Å². The fraction of sp³-hybridized carbons (Fsp3) is 0.308. The van der Waals surface area contributed by atoms with Crippen molar-refractivity contribution in [2.24, 2.45) is 0 Å². The van der Waals surface area contributed by atoms with E-state index in [1.807, 2.05) is 30.1 Å². The quantitative estimate of drug-likeness (QED) is 0.734. The molecule has 0 aliphatic rings. The first kappa shape index (κ1) is 12.1. The van der Waals surface area contributed by atoms with E-state index in [9.17, 15) is 4.79 Å². The van der Waals surface area contributed by atoms with Gasteiger partial charge < -0.3 is 0 Å². The molecule has 6 heteroatoms. The molecule has 0 unspecified atom stereocenters. The zero-order chi connectivity index (χ0) is 13.4. The predicted octanol–water partition coefficient (Wildman–Crippen LogP) is 2.03. The van der Waals surface area contributed by atoms with Crippen LogP contribution in [0.2, 0.25) is 0 Å². The summed E-state index contributed by atoms with van der Waals surface area (Å²) in [5, 5.41) is 6.92. The largest absolute Gasteiger partial charge is 0.294 e. The van der Waals surface area contributed by atoms with E-state index in [4.69, 9.17) is 0 Å². The van der Waals surface area contributed by atoms with Crippen molar-refractivity contribution in [3.8, 4) is 0 Å². The summed E-state index contributed by atoms with van der Waals surface area (Å²) in [5.41, 5.74) is 2.03. The molecule has 0 saturated heterocycles. The van der Waals surface area contributed by atoms with E-state index < -0.39 is 0 Å². The summed E-state index contributed by atoms with van der Waals surface area (Å²) in [6.45, 7) is 5.32. The average molecular weight is 274 g/mol. The molecule has 3 aromatic rings. The van der Waals surface area contributed by atoms with Crippen LogP contribution in [0.15, 0.2) is 28.9 Å². The van der Waals surface area contributed by atoms with Crippen LogP contribution >= 0.6 is 11.3 Å². The molecule has 5 nitrogen and oxygen atoms in total. The Balaban J connectivity index is 2.03. The lowest BCUT2D eigenvalue weighted by molar-refractivity contribution is 0.657. The number of thiophene rings is 1. The predicted molar refractivity (Wildman–Crippen MR) is 75.6 cm³/mol. The minimum Gasteiger partial charge on any atom is -0.294 e. The molecule has 3 heterocycles. The van der Waals surface area contributed by atoms with E-state index in [-0.39, 0.29) is 5.56 Å². The Morgan fingerprint density at radius 1 is 1.42 bits per heavy atom. The van der Waals surface area contributed by atoms with Crippen LogP contribution in [0.3, 0.4) is 0 Å². The molecule has 98 valence electrons. The monoisotopic (exact) mass is 274 g/mol. The molecule has 0 aromatic carbocycles. The van der Waals surface area contributed by atoms with Crippen LogP contribution in [0.1, 0.15) is 18.1 Å². The van der Waals surface area contributed by atoms with E-state index in [0.29, 0.717) is 6.54 Å². The maximum absolute atomic E-state index is 12.4. The zero-order valence-electron chi connectivity index (χ0n) is 10.8. The summed E-state index contributed by atoms with van der Waals surface area (Å²) in [6, 6.07) is 0. The number of aryl methyl sites for hydroxylation is 2. The summed E-state index contributed by atoms with van der Waals surface area (Å²) < 4.78 is 3.49. The minimum absolute atomic E-state index is 0.0213. The molecular weight excluding hydrogens is 260 g/mol. The Hall–Kier alpha value is -1.95. The summed E-state index contributed by atoms with van der Waals surface area (Å²) >= 11 is 1.51. The van der Waals surface area contributed by atoms with Gasteiger partial charge in [0.25, 0.3) is 5.56 Å².